The minimum atomic E-state index is -0.496. The predicted molar refractivity (Wildman–Crippen MR) is 88.9 cm³/mol. The van der Waals surface area contributed by atoms with E-state index in [4.69, 9.17) is 20.9 Å². The third kappa shape index (κ3) is 2.54. The van der Waals surface area contributed by atoms with Gasteiger partial charge in [-0.3, -0.25) is 4.99 Å². The van der Waals surface area contributed by atoms with Crippen LogP contribution >= 0.6 is 0 Å². The van der Waals surface area contributed by atoms with E-state index < -0.39 is 5.60 Å². The standard InChI is InChI=1S/C17H27N3O2/c1-15(2)16(3,4)22-13-9-7-6-8-12(13)17(15,5)21-11-10-20-14(18)19/h6-9H,10-11H2,1-5H3,(H4,18,19,20). The molecule has 4 N–H and O–H groups in total. The summed E-state index contributed by atoms with van der Waals surface area (Å²) in [5.41, 5.74) is 10.7. The van der Waals surface area contributed by atoms with E-state index in [1.54, 1.807) is 0 Å². The van der Waals surface area contributed by atoms with Gasteiger partial charge in [-0.25, -0.2) is 0 Å². The highest BCUT2D eigenvalue weighted by Crippen LogP contribution is 2.56. The van der Waals surface area contributed by atoms with Gasteiger partial charge in [0.1, 0.15) is 17.0 Å². The zero-order valence-electron chi connectivity index (χ0n) is 14.1. The number of guanidine groups is 1. The molecule has 1 aromatic carbocycles. The summed E-state index contributed by atoms with van der Waals surface area (Å²) in [6.07, 6.45) is 0. The van der Waals surface area contributed by atoms with Gasteiger partial charge >= 0.3 is 0 Å². The van der Waals surface area contributed by atoms with Gasteiger partial charge in [0.25, 0.3) is 0 Å². The minimum absolute atomic E-state index is 0.0840. The maximum atomic E-state index is 6.30. The van der Waals surface area contributed by atoms with Crippen LogP contribution in [0.3, 0.4) is 0 Å². The van der Waals surface area contributed by atoms with Crippen LogP contribution in [0, 0.1) is 5.41 Å². The third-order valence-electron chi connectivity index (χ3n) is 5.24. The molecule has 0 spiro atoms. The lowest BCUT2D eigenvalue weighted by atomic mass is 9.61. The van der Waals surface area contributed by atoms with E-state index in [0.29, 0.717) is 13.2 Å². The number of nitrogens with two attached hydrogens (primary N) is 2. The van der Waals surface area contributed by atoms with Crippen LogP contribution in [0.5, 0.6) is 5.75 Å². The molecule has 5 heteroatoms. The zero-order valence-corrected chi connectivity index (χ0v) is 14.1. The Labute approximate surface area is 132 Å². The lowest BCUT2D eigenvalue weighted by Gasteiger charge is -2.56. The molecule has 2 rings (SSSR count). The van der Waals surface area contributed by atoms with Crippen LogP contribution in [0.25, 0.3) is 0 Å². The quantitative estimate of drug-likeness (QED) is 0.508. The fraction of sp³-hybridized carbons (Fsp3) is 0.588. The fourth-order valence-electron chi connectivity index (χ4n) is 2.95. The number of rotatable bonds is 4. The largest absolute Gasteiger partial charge is 0.487 e. The smallest absolute Gasteiger partial charge is 0.185 e. The minimum Gasteiger partial charge on any atom is -0.487 e. The molecule has 1 atom stereocenters. The Bertz CT molecular complexity index is 577. The van der Waals surface area contributed by atoms with Crippen molar-refractivity contribution >= 4 is 5.96 Å². The molecule has 0 aliphatic carbocycles. The zero-order chi connectivity index (χ0) is 16.6. The molecule has 0 saturated carbocycles. The van der Waals surface area contributed by atoms with Crippen LogP contribution < -0.4 is 16.2 Å². The summed E-state index contributed by atoms with van der Waals surface area (Å²) in [7, 11) is 0. The number of hydrogen-bond donors (Lipinski definition) is 2. The lowest BCUT2D eigenvalue weighted by Crippen LogP contribution is -2.60. The van der Waals surface area contributed by atoms with Crippen LogP contribution in [0.15, 0.2) is 29.3 Å². The molecule has 0 saturated heterocycles. The highest BCUT2D eigenvalue weighted by molar-refractivity contribution is 5.75. The molecule has 1 unspecified atom stereocenters. The SMILES string of the molecule is CC1(C)Oc2ccccc2C(C)(OCCN=C(N)N)C1(C)C. The average molecular weight is 305 g/mol. The molecule has 5 nitrogen and oxygen atoms in total. The van der Waals surface area contributed by atoms with E-state index in [1.165, 1.54) is 0 Å². The summed E-state index contributed by atoms with van der Waals surface area (Å²) in [5, 5.41) is 0. The normalized spacial score (nSPS) is 25.0. The van der Waals surface area contributed by atoms with Gasteiger partial charge in [0.2, 0.25) is 0 Å². The first kappa shape index (κ1) is 16.6. The Kier molecular flexibility index (Phi) is 4.13. The van der Waals surface area contributed by atoms with E-state index in [1.807, 2.05) is 18.2 Å². The molecule has 0 radical (unpaired) electrons. The lowest BCUT2D eigenvalue weighted by molar-refractivity contribution is -0.197. The second kappa shape index (κ2) is 5.47. The van der Waals surface area contributed by atoms with Crippen molar-refractivity contribution in [3.63, 3.8) is 0 Å². The van der Waals surface area contributed by atoms with Crippen molar-refractivity contribution in [2.75, 3.05) is 13.2 Å². The summed E-state index contributed by atoms with van der Waals surface area (Å²) in [4.78, 5) is 4.00. The van der Waals surface area contributed by atoms with Crippen molar-refractivity contribution in [3.05, 3.63) is 29.8 Å². The molecule has 0 fully saturated rings. The van der Waals surface area contributed by atoms with Gasteiger partial charge in [0.05, 0.1) is 13.2 Å². The van der Waals surface area contributed by atoms with Crippen molar-refractivity contribution in [2.45, 2.75) is 45.8 Å². The van der Waals surface area contributed by atoms with Gasteiger partial charge < -0.3 is 20.9 Å². The maximum absolute atomic E-state index is 6.30. The van der Waals surface area contributed by atoms with Gasteiger partial charge in [0, 0.05) is 11.0 Å². The van der Waals surface area contributed by atoms with E-state index in [2.05, 4.69) is 45.7 Å². The van der Waals surface area contributed by atoms with Crippen molar-refractivity contribution in [1.82, 2.24) is 0 Å². The van der Waals surface area contributed by atoms with Gasteiger partial charge in [-0.05, 0) is 26.8 Å². The third-order valence-corrected chi connectivity index (χ3v) is 5.24. The van der Waals surface area contributed by atoms with E-state index in [0.717, 1.165) is 11.3 Å². The molecular weight excluding hydrogens is 278 g/mol. The first-order valence-electron chi connectivity index (χ1n) is 7.60. The first-order valence-corrected chi connectivity index (χ1v) is 7.60. The predicted octanol–water partition coefficient (Wildman–Crippen LogP) is 2.39. The van der Waals surface area contributed by atoms with E-state index >= 15 is 0 Å². The number of ether oxygens (including phenoxy) is 2. The Morgan fingerprint density at radius 3 is 2.41 bits per heavy atom. The molecule has 1 aromatic rings. The second-order valence-electron chi connectivity index (χ2n) is 6.92. The van der Waals surface area contributed by atoms with Gasteiger partial charge in [-0.2, -0.15) is 0 Å². The van der Waals surface area contributed by atoms with Gasteiger partial charge in [0.15, 0.2) is 5.96 Å². The maximum Gasteiger partial charge on any atom is 0.185 e. The summed E-state index contributed by atoms with van der Waals surface area (Å²) >= 11 is 0. The Morgan fingerprint density at radius 1 is 1.14 bits per heavy atom. The van der Waals surface area contributed by atoms with E-state index in [9.17, 15) is 0 Å². The van der Waals surface area contributed by atoms with Crippen LogP contribution in [0.4, 0.5) is 0 Å². The van der Waals surface area contributed by atoms with Crippen LogP contribution in [-0.2, 0) is 10.3 Å². The van der Waals surface area contributed by atoms with Crippen LogP contribution in [-0.4, -0.2) is 24.7 Å². The molecule has 122 valence electrons. The molecule has 22 heavy (non-hydrogen) atoms. The highest BCUT2D eigenvalue weighted by Gasteiger charge is 2.58. The summed E-state index contributed by atoms with van der Waals surface area (Å²) in [6, 6.07) is 8.04. The molecule has 0 aromatic heterocycles. The van der Waals surface area contributed by atoms with Crippen molar-refractivity contribution < 1.29 is 9.47 Å². The topological polar surface area (TPSA) is 82.9 Å². The number of nitrogens with zero attached hydrogens (tertiary/aromatic N) is 1. The Morgan fingerprint density at radius 2 is 1.77 bits per heavy atom. The van der Waals surface area contributed by atoms with Crippen LogP contribution in [0.1, 0.15) is 40.2 Å². The summed E-state index contributed by atoms with van der Waals surface area (Å²) in [5.74, 6) is 0.955. The number of aliphatic imine (C=N–C) groups is 1. The van der Waals surface area contributed by atoms with Gasteiger partial charge in [-0.1, -0.05) is 32.0 Å². The molecule has 0 amide bonds. The summed E-state index contributed by atoms with van der Waals surface area (Å²) < 4.78 is 12.5. The average Bonchev–Trinajstić information content (AvgIpc) is 2.41. The Balaban J connectivity index is 2.38. The van der Waals surface area contributed by atoms with Crippen molar-refractivity contribution in [1.29, 1.82) is 0 Å². The number of fused-ring (bicyclic) bond motifs is 1. The van der Waals surface area contributed by atoms with E-state index in [-0.39, 0.29) is 17.0 Å². The monoisotopic (exact) mass is 305 g/mol. The molecular formula is C17H27N3O2. The van der Waals surface area contributed by atoms with Crippen LogP contribution in [0.2, 0.25) is 0 Å². The number of para-hydroxylation sites is 1. The Hall–Kier alpha value is -1.75. The number of benzene rings is 1. The second-order valence-corrected chi connectivity index (χ2v) is 6.92. The molecule has 1 aliphatic rings. The fourth-order valence-corrected chi connectivity index (χ4v) is 2.95. The highest BCUT2D eigenvalue weighted by atomic mass is 16.5. The van der Waals surface area contributed by atoms with Crippen molar-refractivity contribution in [3.8, 4) is 5.75 Å². The number of hydrogen-bond acceptors (Lipinski definition) is 3. The van der Waals surface area contributed by atoms with Crippen molar-refractivity contribution in [2.24, 2.45) is 21.9 Å². The molecule has 1 heterocycles. The van der Waals surface area contributed by atoms with Gasteiger partial charge in [-0.15, -0.1) is 0 Å². The summed E-state index contributed by atoms with van der Waals surface area (Å²) in [6.45, 7) is 11.5. The molecule has 0 bridgehead atoms. The first-order chi connectivity index (χ1) is 10.1. The molecule has 1 aliphatic heterocycles.